The Hall–Kier alpha value is -2.93. The number of fused-ring (bicyclic) bond motifs is 1. The molecule has 3 aromatic rings. The molecule has 0 aliphatic rings. The van der Waals surface area contributed by atoms with Gasteiger partial charge in [-0.05, 0) is 51.1 Å². The van der Waals surface area contributed by atoms with Crippen LogP contribution in [-0.2, 0) is 0 Å². The molecule has 1 aromatic carbocycles. The molecule has 1 unspecified atom stereocenters. The Balaban J connectivity index is 1.86. The van der Waals surface area contributed by atoms with Gasteiger partial charge in [0.05, 0.1) is 6.04 Å². The van der Waals surface area contributed by atoms with Gasteiger partial charge in [0, 0.05) is 33.7 Å². The number of benzene rings is 1. The molecule has 1 atom stereocenters. The number of aromatic amines is 1. The minimum Gasteiger partial charge on any atom is -0.349 e. The number of pyridine rings is 1. The van der Waals surface area contributed by atoms with Crippen LogP contribution in [0.5, 0.6) is 0 Å². The first-order valence-electron chi connectivity index (χ1n) is 8.56. The van der Waals surface area contributed by atoms with Crippen molar-refractivity contribution in [3.63, 3.8) is 0 Å². The number of hydrogen-bond donors (Lipinski definition) is 3. The van der Waals surface area contributed by atoms with Crippen LogP contribution in [0.15, 0.2) is 41.3 Å². The van der Waals surface area contributed by atoms with E-state index in [0.717, 1.165) is 5.39 Å². The van der Waals surface area contributed by atoms with E-state index in [1.165, 1.54) is 6.20 Å². The quantitative estimate of drug-likeness (QED) is 0.625. The summed E-state index contributed by atoms with van der Waals surface area (Å²) in [5.41, 5.74) is 1.28. The summed E-state index contributed by atoms with van der Waals surface area (Å²) in [7, 11) is 0. The summed E-state index contributed by atoms with van der Waals surface area (Å²) < 4.78 is 0. The number of carbonyl (C=O) groups is 1. The van der Waals surface area contributed by atoms with Crippen molar-refractivity contribution >= 4 is 34.4 Å². The Bertz CT molecular complexity index is 1050. The van der Waals surface area contributed by atoms with E-state index < -0.39 is 0 Å². The Labute approximate surface area is 161 Å². The van der Waals surface area contributed by atoms with Crippen molar-refractivity contribution in [1.29, 1.82) is 0 Å². The summed E-state index contributed by atoms with van der Waals surface area (Å²) in [6.45, 7) is 5.57. The lowest BCUT2D eigenvalue weighted by Gasteiger charge is -2.15. The van der Waals surface area contributed by atoms with E-state index in [4.69, 9.17) is 11.6 Å². The number of carbonyl (C=O) groups excluding carboxylic acids is 1. The fraction of sp³-hybridized carbons (Fsp3) is 0.263. The molecule has 0 radical (unpaired) electrons. The number of nitrogens with zero attached hydrogens (tertiary/aromatic N) is 2. The Morgan fingerprint density at radius 1 is 1.19 bits per heavy atom. The second-order valence-electron chi connectivity index (χ2n) is 6.55. The largest absolute Gasteiger partial charge is 0.349 e. The van der Waals surface area contributed by atoms with E-state index in [-0.39, 0.29) is 35.2 Å². The Morgan fingerprint density at radius 3 is 2.70 bits per heavy atom. The number of hydrogen-bond acceptors (Lipinski definition) is 5. The van der Waals surface area contributed by atoms with Gasteiger partial charge in [-0.15, -0.1) is 0 Å². The molecule has 7 nitrogen and oxygen atoms in total. The minimum atomic E-state index is -0.374. The Morgan fingerprint density at radius 2 is 1.96 bits per heavy atom. The number of halogens is 1. The highest BCUT2D eigenvalue weighted by molar-refractivity contribution is 6.31. The molecule has 27 heavy (non-hydrogen) atoms. The van der Waals surface area contributed by atoms with Gasteiger partial charge in [0.2, 0.25) is 5.95 Å². The van der Waals surface area contributed by atoms with Crippen molar-refractivity contribution in [2.45, 2.75) is 32.9 Å². The maximum atomic E-state index is 12.4. The van der Waals surface area contributed by atoms with E-state index in [9.17, 15) is 9.59 Å². The number of rotatable bonds is 5. The highest BCUT2D eigenvalue weighted by Crippen LogP contribution is 2.21. The van der Waals surface area contributed by atoms with Crippen LogP contribution in [0.1, 0.15) is 42.9 Å². The topological polar surface area (TPSA) is 99.8 Å². The maximum absolute atomic E-state index is 12.4. The summed E-state index contributed by atoms with van der Waals surface area (Å²) in [6, 6.07) is 8.23. The van der Waals surface area contributed by atoms with Crippen molar-refractivity contribution in [3.05, 3.63) is 63.2 Å². The van der Waals surface area contributed by atoms with Crippen molar-refractivity contribution in [2.75, 3.05) is 5.32 Å². The van der Waals surface area contributed by atoms with Crippen molar-refractivity contribution in [3.8, 4) is 0 Å². The van der Waals surface area contributed by atoms with Gasteiger partial charge in [-0.3, -0.25) is 9.59 Å². The number of nitrogens with one attached hydrogen (secondary N) is 3. The zero-order chi connectivity index (χ0) is 19.6. The van der Waals surface area contributed by atoms with Crippen molar-refractivity contribution in [2.24, 2.45) is 0 Å². The third-order valence-electron chi connectivity index (χ3n) is 3.96. The van der Waals surface area contributed by atoms with E-state index in [0.29, 0.717) is 16.1 Å². The van der Waals surface area contributed by atoms with Crippen LogP contribution in [0, 0.1) is 0 Å². The predicted octanol–water partition coefficient (Wildman–Crippen LogP) is 3.28. The van der Waals surface area contributed by atoms with Gasteiger partial charge in [0.15, 0.2) is 0 Å². The lowest BCUT2D eigenvalue weighted by molar-refractivity contribution is 0.0938. The molecule has 0 aliphatic carbocycles. The molecular weight excluding hydrogens is 366 g/mol. The van der Waals surface area contributed by atoms with E-state index in [1.807, 2.05) is 20.8 Å². The summed E-state index contributed by atoms with van der Waals surface area (Å²) in [4.78, 5) is 35.7. The highest BCUT2D eigenvalue weighted by atomic mass is 35.5. The summed E-state index contributed by atoms with van der Waals surface area (Å²) >= 11 is 6.04. The Kier molecular flexibility index (Phi) is 5.41. The zero-order valence-electron chi connectivity index (χ0n) is 15.2. The molecule has 3 N–H and O–H groups in total. The smallest absolute Gasteiger partial charge is 0.270 e. The van der Waals surface area contributed by atoms with E-state index in [2.05, 4.69) is 25.6 Å². The van der Waals surface area contributed by atoms with Gasteiger partial charge in [0.25, 0.3) is 11.5 Å². The maximum Gasteiger partial charge on any atom is 0.270 e. The molecule has 0 fully saturated rings. The van der Waals surface area contributed by atoms with E-state index in [1.54, 1.807) is 30.3 Å². The molecular formula is C19H20ClN5O2. The number of H-pyrrole nitrogens is 1. The van der Waals surface area contributed by atoms with Crippen LogP contribution >= 0.6 is 11.6 Å². The van der Waals surface area contributed by atoms with Crippen LogP contribution in [0.4, 0.5) is 5.95 Å². The number of anilines is 1. The number of amides is 1. The molecule has 2 heterocycles. The summed E-state index contributed by atoms with van der Waals surface area (Å²) in [5, 5.41) is 7.27. The standard InChI is InChI=1S/C19H20ClN5O2/c1-10(2)22-18(27)16-6-7-21-19(25-16)23-11(3)14-9-12-8-13(20)4-5-15(12)24-17(14)26/h4-11H,1-3H3,(H,22,27)(H,24,26)(H,21,23,25). The average molecular weight is 386 g/mol. The van der Waals surface area contributed by atoms with Gasteiger partial charge >= 0.3 is 0 Å². The van der Waals surface area contributed by atoms with Gasteiger partial charge < -0.3 is 15.6 Å². The zero-order valence-corrected chi connectivity index (χ0v) is 16.0. The van der Waals surface area contributed by atoms with Gasteiger partial charge in [0.1, 0.15) is 5.69 Å². The van der Waals surface area contributed by atoms with E-state index >= 15 is 0 Å². The monoisotopic (exact) mass is 385 g/mol. The third-order valence-corrected chi connectivity index (χ3v) is 4.19. The van der Waals surface area contributed by atoms with Gasteiger partial charge in [-0.1, -0.05) is 11.6 Å². The fourth-order valence-electron chi connectivity index (χ4n) is 2.68. The highest BCUT2D eigenvalue weighted by Gasteiger charge is 2.15. The molecule has 0 saturated heterocycles. The fourth-order valence-corrected chi connectivity index (χ4v) is 2.86. The van der Waals surface area contributed by atoms with Crippen LogP contribution in [0.3, 0.4) is 0 Å². The third kappa shape index (κ3) is 4.43. The van der Waals surface area contributed by atoms with Crippen LogP contribution < -0.4 is 16.2 Å². The molecule has 1 amide bonds. The first-order valence-corrected chi connectivity index (χ1v) is 8.94. The SMILES string of the molecule is CC(C)NC(=O)c1ccnc(NC(C)c2cc3cc(Cl)ccc3[nH]c2=O)n1. The molecule has 0 bridgehead atoms. The lowest BCUT2D eigenvalue weighted by atomic mass is 10.1. The lowest BCUT2D eigenvalue weighted by Crippen LogP contribution is -2.31. The van der Waals surface area contributed by atoms with Crippen LogP contribution in [0.25, 0.3) is 10.9 Å². The molecule has 2 aromatic heterocycles. The number of aromatic nitrogens is 3. The second kappa shape index (κ2) is 7.75. The molecule has 8 heteroatoms. The molecule has 0 aliphatic heterocycles. The molecule has 140 valence electrons. The van der Waals surface area contributed by atoms with Crippen molar-refractivity contribution < 1.29 is 4.79 Å². The molecule has 0 saturated carbocycles. The summed E-state index contributed by atoms with van der Waals surface area (Å²) in [6.07, 6.45) is 1.50. The summed E-state index contributed by atoms with van der Waals surface area (Å²) in [5.74, 6) is -0.00852. The first-order chi connectivity index (χ1) is 12.8. The van der Waals surface area contributed by atoms with Crippen LogP contribution in [0.2, 0.25) is 5.02 Å². The van der Waals surface area contributed by atoms with Gasteiger partial charge in [-0.2, -0.15) is 0 Å². The second-order valence-corrected chi connectivity index (χ2v) is 6.98. The van der Waals surface area contributed by atoms with Crippen LogP contribution in [-0.4, -0.2) is 26.9 Å². The van der Waals surface area contributed by atoms with Crippen molar-refractivity contribution in [1.82, 2.24) is 20.3 Å². The minimum absolute atomic E-state index is 0.00535. The molecule has 3 rings (SSSR count). The van der Waals surface area contributed by atoms with Gasteiger partial charge in [-0.25, -0.2) is 9.97 Å². The molecule has 0 spiro atoms. The average Bonchev–Trinajstić information content (AvgIpc) is 2.61. The predicted molar refractivity (Wildman–Crippen MR) is 106 cm³/mol. The first kappa shape index (κ1) is 18.8. The normalized spacial score (nSPS) is 12.2.